The Labute approximate surface area is 216 Å². The van der Waals surface area contributed by atoms with Gasteiger partial charge in [0.15, 0.2) is 0 Å². The highest BCUT2D eigenvalue weighted by Crippen LogP contribution is 2.39. The quantitative estimate of drug-likeness (QED) is 0.217. The Kier molecular flexibility index (Phi) is 7.30. The molecule has 1 saturated heterocycles. The molecule has 0 aliphatic carbocycles. The summed E-state index contributed by atoms with van der Waals surface area (Å²) < 4.78 is 0. The molecule has 0 unspecified atom stereocenters. The van der Waals surface area contributed by atoms with Crippen LogP contribution in [-0.2, 0) is 17.8 Å². The first-order valence-corrected chi connectivity index (χ1v) is 12.7. The van der Waals surface area contributed by atoms with Crippen LogP contribution in [0.5, 0.6) is 0 Å². The molecule has 4 N–H and O–H groups in total. The van der Waals surface area contributed by atoms with Crippen molar-refractivity contribution in [2.24, 2.45) is 5.73 Å². The maximum absolute atomic E-state index is 13.2. The summed E-state index contributed by atoms with van der Waals surface area (Å²) in [5.41, 5.74) is 11.7. The fourth-order valence-electron chi connectivity index (χ4n) is 4.98. The standard InChI is InChI=1S/C29H31N5O3/c30-15-3-4-20-5-9-22(10-6-20)28(27-25-18-24(34(36)37)13-14-26(25)32-29(27)35)31-23-11-7-21(8-12-23)19-33-16-1-2-17-33/h5-14,18,31H,1-4,15-17,19,30H2,(H,32,35)/b28-27-. The van der Waals surface area contributed by atoms with Crippen LogP contribution in [0.2, 0.25) is 0 Å². The summed E-state index contributed by atoms with van der Waals surface area (Å²) in [6, 6.07) is 20.7. The molecule has 3 aromatic carbocycles. The number of nitrogens with two attached hydrogens (primary N) is 1. The van der Waals surface area contributed by atoms with Crippen molar-refractivity contribution in [2.75, 3.05) is 30.3 Å². The van der Waals surface area contributed by atoms with E-state index in [-0.39, 0.29) is 11.6 Å². The second-order valence-corrected chi connectivity index (χ2v) is 9.59. The molecule has 8 heteroatoms. The van der Waals surface area contributed by atoms with Crippen LogP contribution in [0.3, 0.4) is 0 Å². The number of aryl methyl sites for hydroxylation is 1. The summed E-state index contributed by atoms with van der Waals surface area (Å²) in [4.78, 5) is 26.6. The number of nitrogens with zero attached hydrogens (tertiary/aromatic N) is 2. The number of hydrogen-bond acceptors (Lipinski definition) is 6. The van der Waals surface area contributed by atoms with Crippen molar-refractivity contribution in [3.63, 3.8) is 0 Å². The highest BCUT2D eigenvalue weighted by Gasteiger charge is 2.30. The molecular weight excluding hydrogens is 466 g/mol. The number of carbonyl (C=O) groups excluding carboxylic acids is 1. The molecule has 2 aliphatic heterocycles. The number of benzene rings is 3. The normalized spacial score (nSPS) is 16.4. The Balaban J connectivity index is 1.52. The number of carbonyl (C=O) groups is 1. The number of non-ortho nitro benzene ring substituents is 1. The van der Waals surface area contributed by atoms with E-state index in [0.29, 0.717) is 29.1 Å². The lowest BCUT2D eigenvalue weighted by Gasteiger charge is -2.17. The van der Waals surface area contributed by atoms with Crippen LogP contribution in [0.4, 0.5) is 17.1 Å². The van der Waals surface area contributed by atoms with Crippen LogP contribution in [-0.4, -0.2) is 35.4 Å². The van der Waals surface area contributed by atoms with Gasteiger partial charge in [0, 0.05) is 35.6 Å². The Bertz CT molecular complexity index is 1330. The molecule has 190 valence electrons. The first kappa shape index (κ1) is 24.7. The molecule has 8 nitrogen and oxygen atoms in total. The van der Waals surface area contributed by atoms with E-state index in [2.05, 4.69) is 27.7 Å². The fourth-order valence-corrected chi connectivity index (χ4v) is 4.98. The number of fused-ring (bicyclic) bond motifs is 1. The van der Waals surface area contributed by atoms with Gasteiger partial charge in [-0.1, -0.05) is 36.4 Å². The number of rotatable bonds is 9. The van der Waals surface area contributed by atoms with Crippen LogP contribution in [0.15, 0.2) is 66.7 Å². The molecule has 2 aliphatic rings. The van der Waals surface area contributed by atoms with E-state index in [1.807, 2.05) is 36.4 Å². The van der Waals surface area contributed by atoms with Crippen LogP contribution in [0.1, 0.15) is 41.5 Å². The van der Waals surface area contributed by atoms with Gasteiger partial charge >= 0.3 is 0 Å². The summed E-state index contributed by atoms with van der Waals surface area (Å²) in [5.74, 6) is -0.296. The minimum Gasteiger partial charge on any atom is -0.354 e. The van der Waals surface area contributed by atoms with Crippen molar-refractivity contribution in [3.8, 4) is 0 Å². The number of nitrogens with one attached hydrogen (secondary N) is 2. The van der Waals surface area contributed by atoms with Gasteiger partial charge in [-0.2, -0.15) is 0 Å². The number of nitro benzene ring substituents is 1. The average molecular weight is 498 g/mol. The number of amides is 1. The Morgan fingerprint density at radius 3 is 2.38 bits per heavy atom. The van der Waals surface area contributed by atoms with Gasteiger partial charge in [-0.15, -0.1) is 0 Å². The molecule has 37 heavy (non-hydrogen) atoms. The molecule has 1 fully saturated rings. The van der Waals surface area contributed by atoms with Gasteiger partial charge in [-0.25, -0.2) is 0 Å². The van der Waals surface area contributed by atoms with E-state index in [4.69, 9.17) is 5.73 Å². The van der Waals surface area contributed by atoms with E-state index >= 15 is 0 Å². The molecule has 0 spiro atoms. The Hall–Kier alpha value is -4.01. The third-order valence-electron chi connectivity index (χ3n) is 6.95. The van der Waals surface area contributed by atoms with Gasteiger partial charge < -0.3 is 16.4 Å². The third kappa shape index (κ3) is 5.55. The lowest BCUT2D eigenvalue weighted by Crippen LogP contribution is -2.18. The van der Waals surface area contributed by atoms with Crippen LogP contribution in [0, 0.1) is 10.1 Å². The van der Waals surface area contributed by atoms with Gasteiger partial charge in [0.05, 0.1) is 16.2 Å². The summed E-state index contributed by atoms with van der Waals surface area (Å²) in [6.45, 7) is 3.83. The van der Waals surface area contributed by atoms with Gasteiger partial charge in [-0.05, 0) is 80.2 Å². The predicted molar refractivity (Wildman–Crippen MR) is 147 cm³/mol. The van der Waals surface area contributed by atoms with Gasteiger partial charge in [-0.3, -0.25) is 19.8 Å². The Morgan fingerprint density at radius 2 is 1.70 bits per heavy atom. The van der Waals surface area contributed by atoms with Crippen molar-refractivity contribution in [1.82, 2.24) is 4.90 Å². The zero-order valence-corrected chi connectivity index (χ0v) is 20.7. The monoisotopic (exact) mass is 497 g/mol. The SMILES string of the molecule is NCCCc1ccc(/C(Nc2ccc(CN3CCCC3)cc2)=C2/C(=O)Nc3ccc([N+](=O)[O-])cc32)cc1. The first-order chi connectivity index (χ1) is 18.0. The zero-order chi connectivity index (χ0) is 25.8. The maximum atomic E-state index is 13.2. The van der Waals surface area contributed by atoms with Crippen molar-refractivity contribution >= 4 is 34.2 Å². The van der Waals surface area contributed by atoms with E-state index in [1.165, 1.54) is 30.5 Å². The molecule has 3 aromatic rings. The second-order valence-electron chi connectivity index (χ2n) is 9.59. The minimum absolute atomic E-state index is 0.0597. The lowest BCUT2D eigenvalue weighted by molar-refractivity contribution is -0.384. The van der Waals surface area contributed by atoms with Gasteiger partial charge in [0.2, 0.25) is 0 Å². The third-order valence-corrected chi connectivity index (χ3v) is 6.95. The fraction of sp³-hybridized carbons (Fsp3) is 0.276. The summed E-state index contributed by atoms with van der Waals surface area (Å²) in [6.07, 6.45) is 4.28. The van der Waals surface area contributed by atoms with E-state index < -0.39 is 4.92 Å². The zero-order valence-electron chi connectivity index (χ0n) is 20.7. The number of hydrogen-bond donors (Lipinski definition) is 3. The molecule has 0 saturated carbocycles. The molecular formula is C29H31N5O3. The first-order valence-electron chi connectivity index (χ1n) is 12.7. The number of likely N-dealkylation sites (tertiary alicyclic amines) is 1. The average Bonchev–Trinajstić information content (AvgIpc) is 3.54. The van der Waals surface area contributed by atoms with E-state index in [1.54, 1.807) is 6.07 Å². The highest BCUT2D eigenvalue weighted by molar-refractivity contribution is 6.37. The molecule has 0 radical (unpaired) electrons. The van der Waals surface area contributed by atoms with Crippen molar-refractivity contribution in [2.45, 2.75) is 32.2 Å². The molecule has 5 rings (SSSR count). The van der Waals surface area contributed by atoms with Crippen molar-refractivity contribution in [3.05, 3.63) is 99.1 Å². The van der Waals surface area contributed by atoms with Crippen molar-refractivity contribution < 1.29 is 9.72 Å². The number of nitro groups is 1. The molecule has 1 amide bonds. The summed E-state index contributed by atoms with van der Waals surface area (Å²) in [5, 5.41) is 17.8. The predicted octanol–water partition coefficient (Wildman–Crippen LogP) is 5.01. The van der Waals surface area contributed by atoms with Crippen LogP contribution < -0.4 is 16.4 Å². The van der Waals surface area contributed by atoms with E-state index in [0.717, 1.165) is 49.3 Å². The largest absolute Gasteiger partial charge is 0.354 e. The second kappa shape index (κ2) is 10.9. The molecule has 0 atom stereocenters. The summed E-state index contributed by atoms with van der Waals surface area (Å²) in [7, 11) is 0. The van der Waals surface area contributed by atoms with Gasteiger partial charge in [0.1, 0.15) is 0 Å². The smallest absolute Gasteiger partial charge is 0.270 e. The van der Waals surface area contributed by atoms with Crippen LogP contribution in [0.25, 0.3) is 11.3 Å². The lowest BCUT2D eigenvalue weighted by atomic mass is 9.98. The summed E-state index contributed by atoms with van der Waals surface area (Å²) >= 11 is 0. The van der Waals surface area contributed by atoms with Gasteiger partial charge in [0.25, 0.3) is 11.6 Å². The van der Waals surface area contributed by atoms with E-state index in [9.17, 15) is 14.9 Å². The van der Waals surface area contributed by atoms with Crippen LogP contribution >= 0.6 is 0 Å². The maximum Gasteiger partial charge on any atom is 0.270 e. The molecule has 0 bridgehead atoms. The Morgan fingerprint density at radius 1 is 1.00 bits per heavy atom. The molecule has 2 heterocycles. The highest BCUT2D eigenvalue weighted by atomic mass is 16.6. The molecule has 0 aromatic heterocycles. The topological polar surface area (TPSA) is 114 Å². The minimum atomic E-state index is -0.445. The number of anilines is 2. The van der Waals surface area contributed by atoms with Crippen molar-refractivity contribution in [1.29, 1.82) is 0 Å².